The minimum Gasteiger partial charge on any atom is -0.459 e. The summed E-state index contributed by atoms with van der Waals surface area (Å²) >= 11 is 12.6. The topological polar surface area (TPSA) is 63.0 Å². The van der Waals surface area contributed by atoms with Gasteiger partial charge in [-0.1, -0.05) is 77.8 Å². The summed E-state index contributed by atoms with van der Waals surface area (Å²) in [4.78, 5) is 35.4. The van der Waals surface area contributed by atoms with Crippen LogP contribution in [0.2, 0.25) is 10.0 Å². The highest BCUT2D eigenvalue weighted by atomic mass is 35.5. The normalized spacial score (nSPS) is 20.7. The second-order valence-electron chi connectivity index (χ2n) is 9.49. The third kappa shape index (κ3) is 3.83. The third-order valence-electron chi connectivity index (χ3n) is 7.25. The molecule has 0 unspecified atom stereocenters. The maximum Gasteiger partial charge on any atom is 0.266 e. The first kappa shape index (κ1) is 24.0. The van der Waals surface area contributed by atoms with Gasteiger partial charge in [-0.15, -0.1) is 0 Å². The van der Waals surface area contributed by atoms with E-state index in [4.69, 9.17) is 32.5 Å². The largest absolute Gasteiger partial charge is 0.459 e. The van der Waals surface area contributed by atoms with Crippen LogP contribution in [0.5, 0.6) is 0 Å². The second-order valence-corrected chi connectivity index (χ2v) is 10.3. The number of nitrogens with zero attached hydrogens (tertiary/aromatic N) is 2. The first-order chi connectivity index (χ1) is 19.0. The maximum absolute atomic E-state index is 14.1. The fraction of sp³-hybridized carbons (Fsp3) is 0.0968. The first-order valence-corrected chi connectivity index (χ1v) is 13.2. The molecule has 0 bridgehead atoms. The molecule has 2 fully saturated rings. The molecule has 0 spiro atoms. The Morgan fingerprint density at radius 1 is 0.744 bits per heavy atom. The van der Waals surface area contributed by atoms with E-state index in [9.17, 15) is 9.59 Å². The number of hydroxylamine groups is 1. The molecule has 39 heavy (non-hydrogen) atoms. The average Bonchev–Trinajstić information content (AvgIpc) is 3.65. The van der Waals surface area contributed by atoms with Gasteiger partial charge in [-0.3, -0.25) is 14.4 Å². The monoisotopic (exact) mass is 554 g/mol. The molecule has 6 nitrogen and oxygen atoms in total. The van der Waals surface area contributed by atoms with Crippen molar-refractivity contribution >= 4 is 57.2 Å². The summed E-state index contributed by atoms with van der Waals surface area (Å²) in [7, 11) is 0. The molecule has 0 saturated carbocycles. The number of halogens is 2. The van der Waals surface area contributed by atoms with Crippen LogP contribution in [-0.4, -0.2) is 17.9 Å². The molecule has 2 aliphatic heterocycles. The van der Waals surface area contributed by atoms with Crippen molar-refractivity contribution < 1.29 is 18.8 Å². The van der Waals surface area contributed by atoms with Gasteiger partial charge in [0.15, 0.2) is 6.10 Å². The van der Waals surface area contributed by atoms with Crippen molar-refractivity contribution in [1.29, 1.82) is 0 Å². The molecular formula is C31H20Cl2N2O4. The summed E-state index contributed by atoms with van der Waals surface area (Å²) in [5.41, 5.74) is 1.87. The molecule has 2 amide bonds. The van der Waals surface area contributed by atoms with E-state index in [1.807, 2.05) is 66.7 Å². The highest BCUT2D eigenvalue weighted by Crippen LogP contribution is 2.49. The minimum absolute atomic E-state index is 0.344. The van der Waals surface area contributed by atoms with Gasteiger partial charge in [0.1, 0.15) is 23.5 Å². The summed E-state index contributed by atoms with van der Waals surface area (Å²) < 4.78 is 6.30. The second kappa shape index (κ2) is 9.27. The van der Waals surface area contributed by atoms with Crippen LogP contribution in [0.4, 0.5) is 11.4 Å². The lowest BCUT2D eigenvalue weighted by molar-refractivity contribution is -0.126. The Balaban J connectivity index is 1.33. The van der Waals surface area contributed by atoms with Crippen LogP contribution in [0.25, 0.3) is 22.1 Å². The summed E-state index contributed by atoms with van der Waals surface area (Å²) in [6.45, 7) is 0. The van der Waals surface area contributed by atoms with Gasteiger partial charge < -0.3 is 4.42 Å². The zero-order valence-corrected chi connectivity index (χ0v) is 21.8. The molecule has 8 heteroatoms. The Morgan fingerprint density at radius 3 is 2.36 bits per heavy atom. The number of hydrogen-bond donors (Lipinski definition) is 0. The number of imide groups is 1. The van der Waals surface area contributed by atoms with Crippen LogP contribution in [-0.2, 0) is 14.4 Å². The molecule has 0 N–H and O–H groups in total. The zero-order chi connectivity index (χ0) is 26.7. The van der Waals surface area contributed by atoms with Crippen LogP contribution in [0.1, 0.15) is 11.8 Å². The molecule has 0 aliphatic carbocycles. The Bertz CT molecular complexity index is 1750. The van der Waals surface area contributed by atoms with Gasteiger partial charge in [-0.25, -0.2) is 9.96 Å². The number of amides is 2. The van der Waals surface area contributed by atoms with Crippen LogP contribution >= 0.6 is 23.2 Å². The molecule has 5 aromatic rings. The summed E-state index contributed by atoms with van der Waals surface area (Å²) in [6, 6.07) is 30.6. The van der Waals surface area contributed by atoms with Gasteiger partial charge >= 0.3 is 0 Å². The predicted molar refractivity (Wildman–Crippen MR) is 151 cm³/mol. The highest BCUT2D eigenvalue weighted by Gasteiger charge is 2.61. The predicted octanol–water partition coefficient (Wildman–Crippen LogP) is 7.46. The molecule has 2 aliphatic rings. The van der Waals surface area contributed by atoms with Crippen LogP contribution in [0.3, 0.4) is 0 Å². The van der Waals surface area contributed by atoms with Crippen molar-refractivity contribution in [2.24, 2.45) is 5.92 Å². The number of carbonyl (C=O) groups excluding carboxylic acids is 2. The van der Waals surface area contributed by atoms with Gasteiger partial charge in [0.2, 0.25) is 5.91 Å². The van der Waals surface area contributed by atoms with E-state index in [2.05, 4.69) is 0 Å². The molecule has 3 heterocycles. The molecule has 4 aromatic carbocycles. The Labute approximate surface area is 233 Å². The van der Waals surface area contributed by atoms with Crippen LogP contribution < -0.4 is 9.96 Å². The standard InChI is InChI=1S/C31H20Cl2N2O4/c32-19-13-14-23(33)22(17-19)25-15-16-26(38-25)28-27-29(39-35(28)20-9-2-1-3-10-20)31(37)34(30(27)36)24-12-6-8-18-7-4-5-11-21(18)24/h1-17,27-29H/t27-,28+,29-/m1/s1. The van der Waals surface area contributed by atoms with Crippen molar-refractivity contribution in [3.8, 4) is 11.3 Å². The molecule has 2 saturated heterocycles. The van der Waals surface area contributed by atoms with E-state index in [1.165, 1.54) is 4.90 Å². The van der Waals surface area contributed by atoms with Gasteiger partial charge in [-0.2, -0.15) is 0 Å². The van der Waals surface area contributed by atoms with Gasteiger partial charge in [0.05, 0.1) is 16.4 Å². The quantitative estimate of drug-likeness (QED) is 0.216. The summed E-state index contributed by atoms with van der Waals surface area (Å²) in [6.07, 6.45) is -1.01. The number of furan rings is 1. The van der Waals surface area contributed by atoms with Crippen molar-refractivity contribution in [3.05, 3.63) is 119 Å². The lowest BCUT2D eigenvalue weighted by atomic mass is 9.94. The Kier molecular flexibility index (Phi) is 5.70. The number of carbonyl (C=O) groups is 2. The number of hydrogen-bond acceptors (Lipinski definition) is 5. The molecule has 7 rings (SSSR count). The number of fused-ring (bicyclic) bond motifs is 2. The van der Waals surface area contributed by atoms with Gasteiger partial charge in [0.25, 0.3) is 5.91 Å². The number of benzene rings is 4. The van der Waals surface area contributed by atoms with Crippen LogP contribution in [0, 0.1) is 5.92 Å². The number of rotatable bonds is 4. The Hall–Kier alpha value is -4.10. The number of para-hydroxylation sites is 1. The fourth-order valence-corrected chi connectivity index (χ4v) is 5.87. The number of anilines is 2. The van der Waals surface area contributed by atoms with E-state index in [0.717, 1.165) is 10.8 Å². The molecule has 3 atom stereocenters. The summed E-state index contributed by atoms with van der Waals surface area (Å²) in [5.74, 6) is -0.613. The SMILES string of the molecule is O=C1[C@H]2[C@@H](ON(c3ccccc3)[C@H]2c2ccc(-c3cc(Cl)ccc3Cl)o2)C(=O)N1c1cccc2ccccc12. The average molecular weight is 555 g/mol. The lowest BCUT2D eigenvalue weighted by Crippen LogP contribution is -2.37. The highest BCUT2D eigenvalue weighted by molar-refractivity contribution is 6.35. The van der Waals surface area contributed by atoms with E-state index in [0.29, 0.717) is 38.5 Å². The molecule has 0 radical (unpaired) electrons. The van der Waals surface area contributed by atoms with E-state index < -0.39 is 24.0 Å². The smallest absolute Gasteiger partial charge is 0.266 e. The fourth-order valence-electron chi connectivity index (χ4n) is 5.49. The molecule has 192 valence electrons. The van der Waals surface area contributed by atoms with Gasteiger partial charge in [-0.05, 0) is 53.9 Å². The first-order valence-electron chi connectivity index (χ1n) is 12.4. The van der Waals surface area contributed by atoms with E-state index in [1.54, 1.807) is 41.5 Å². The van der Waals surface area contributed by atoms with Crippen LogP contribution in [0.15, 0.2) is 108 Å². The molecule has 1 aromatic heterocycles. The van der Waals surface area contributed by atoms with Crippen molar-refractivity contribution in [3.63, 3.8) is 0 Å². The summed E-state index contributed by atoms with van der Waals surface area (Å²) in [5, 5.41) is 4.35. The van der Waals surface area contributed by atoms with Crippen molar-refractivity contribution in [1.82, 2.24) is 0 Å². The van der Waals surface area contributed by atoms with E-state index >= 15 is 0 Å². The van der Waals surface area contributed by atoms with Gasteiger partial charge in [0, 0.05) is 16.0 Å². The van der Waals surface area contributed by atoms with E-state index in [-0.39, 0.29) is 5.91 Å². The maximum atomic E-state index is 14.1. The zero-order valence-electron chi connectivity index (χ0n) is 20.3. The lowest BCUT2D eigenvalue weighted by Gasteiger charge is -2.27. The van der Waals surface area contributed by atoms with Crippen molar-refractivity contribution in [2.45, 2.75) is 12.1 Å². The Morgan fingerprint density at radius 2 is 1.51 bits per heavy atom. The minimum atomic E-state index is -1.01. The third-order valence-corrected chi connectivity index (χ3v) is 7.81. The van der Waals surface area contributed by atoms with Crippen molar-refractivity contribution in [2.75, 3.05) is 9.96 Å². The molecular weight excluding hydrogens is 535 g/mol.